The van der Waals surface area contributed by atoms with Gasteiger partial charge in [0.05, 0.1) is 13.7 Å². The summed E-state index contributed by atoms with van der Waals surface area (Å²) in [6.07, 6.45) is 0. The van der Waals surface area contributed by atoms with Gasteiger partial charge >= 0.3 is 0 Å². The Hall–Kier alpha value is -1.88. The molecule has 1 unspecified atom stereocenters. The van der Waals surface area contributed by atoms with Crippen molar-refractivity contribution in [2.24, 2.45) is 0 Å². The van der Waals surface area contributed by atoms with Crippen LogP contribution in [0.25, 0.3) is 0 Å². The van der Waals surface area contributed by atoms with Gasteiger partial charge in [-0.05, 0) is 26.8 Å². The summed E-state index contributed by atoms with van der Waals surface area (Å²) in [6, 6.07) is 6.29. The third kappa shape index (κ3) is 3.32. The van der Waals surface area contributed by atoms with Crippen LogP contribution in [-0.2, 0) is 6.54 Å². The van der Waals surface area contributed by atoms with Gasteiger partial charge in [0.25, 0.3) is 0 Å². The maximum atomic E-state index is 5.39. The molecule has 0 saturated heterocycles. The van der Waals surface area contributed by atoms with E-state index in [0.29, 0.717) is 18.3 Å². The number of nitrogens with one attached hydrogen (secondary N) is 1. The van der Waals surface area contributed by atoms with Gasteiger partial charge in [0, 0.05) is 11.6 Å². The van der Waals surface area contributed by atoms with Crippen molar-refractivity contribution >= 4 is 0 Å². The Morgan fingerprint density at radius 1 is 1.37 bits per heavy atom. The monoisotopic (exact) mass is 261 g/mol. The number of methoxy groups -OCH3 is 1. The van der Waals surface area contributed by atoms with Crippen LogP contribution in [0.4, 0.5) is 0 Å². The topological polar surface area (TPSA) is 60.2 Å². The van der Waals surface area contributed by atoms with E-state index in [1.54, 1.807) is 14.0 Å². The predicted molar refractivity (Wildman–Crippen MR) is 72.0 cm³/mol. The zero-order chi connectivity index (χ0) is 13.8. The van der Waals surface area contributed by atoms with Crippen molar-refractivity contribution in [3.63, 3.8) is 0 Å². The molecule has 0 aliphatic heterocycles. The molecule has 19 heavy (non-hydrogen) atoms. The lowest BCUT2D eigenvalue weighted by molar-refractivity contribution is 0.354. The standard InChI is InChI=1S/C14H19N3O2/c1-9-5-6-13(18-4)12(7-9)10(2)15-8-14-16-11(3)17-19-14/h5-7,10,15H,8H2,1-4H3. The van der Waals surface area contributed by atoms with Crippen molar-refractivity contribution in [1.29, 1.82) is 0 Å². The molecule has 0 amide bonds. The van der Waals surface area contributed by atoms with Crippen molar-refractivity contribution in [2.75, 3.05) is 7.11 Å². The lowest BCUT2D eigenvalue weighted by Gasteiger charge is -2.17. The minimum atomic E-state index is 0.141. The third-order valence-electron chi connectivity index (χ3n) is 2.98. The highest BCUT2D eigenvalue weighted by atomic mass is 16.5. The minimum absolute atomic E-state index is 0.141. The SMILES string of the molecule is COc1ccc(C)cc1C(C)NCc1nc(C)no1. The van der Waals surface area contributed by atoms with E-state index < -0.39 is 0 Å². The van der Waals surface area contributed by atoms with Crippen molar-refractivity contribution in [2.45, 2.75) is 33.4 Å². The molecule has 102 valence electrons. The number of hydrogen-bond donors (Lipinski definition) is 1. The molecule has 1 aromatic heterocycles. The molecule has 5 heteroatoms. The van der Waals surface area contributed by atoms with Crippen LogP contribution in [0.15, 0.2) is 22.7 Å². The molecular formula is C14H19N3O2. The highest BCUT2D eigenvalue weighted by Crippen LogP contribution is 2.26. The van der Waals surface area contributed by atoms with Crippen LogP contribution in [0.1, 0.15) is 35.8 Å². The molecule has 0 bridgehead atoms. The molecular weight excluding hydrogens is 242 g/mol. The first-order valence-corrected chi connectivity index (χ1v) is 6.27. The van der Waals surface area contributed by atoms with E-state index in [2.05, 4.69) is 35.4 Å². The van der Waals surface area contributed by atoms with E-state index in [-0.39, 0.29) is 6.04 Å². The quantitative estimate of drug-likeness (QED) is 0.896. The molecule has 5 nitrogen and oxygen atoms in total. The Balaban J connectivity index is 2.06. The summed E-state index contributed by atoms with van der Waals surface area (Å²) in [5, 5.41) is 7.12. The summed E-state index contributed by atoms with van der Waals surface area (Å²) in [5.74, 6) is 2.13. The fourth-order valence-corrected chi connectivity index (χ4v) is 1.95. The molecule has 0 aliphatic rings. The van der Waals surface area contributed by atoms with E-state index in [4.69, 9.17) is 9.26 Å². The molecule has 0 radical (unpaired) electrons. The van der Waals surface area contributed by atoms with E-state index >= 15 is 0 Å². The molecule has 1 heterocycles. The largest absolute Gasteiger partial charge is 0.496 e. The van der Waals surface area contributed by atoms with E-state index in [1.807, 2.05) is 12.1 Å². The highest BCUT2D eigenvalue weighted by molar-refractivity contribution is 5.38. The molecule has 2 rings (SSSR count). The maximum Gasteiger partial charge on any atom is 0.240 e. The van der Waals surface area contributed by atoms with Gasteiger partial charge in [0.2, 0.25) is 5.89 Å². The summed E-state index contributed by atoms with van der Waals surface area (Å²) in [7, 11) is 1.68. The molecule has 1 atom stereocenters. The highest BCUT2D eigenvalue weighted by Gasteiger charge is 2.12. The molecule has 2 aromatic rings. The van der Waals surface area contributed by atoms with Gasteiger partial charge in [-0.2, -0.15) is 4.98 Å². The Labute approximate surface area is 113 Å². The van der Waals surface area contributed by atoms with Crippen molar-refractivity contribution < 1.29 is 9.26 Å². The van der Waals surface area contributed by atoms with Crippen LogP contribution in [0.2, 0.25) is 0 Å². The molecule has 0 saturated carbocycles. The Bertz CT molecular complexity index is 551. The number of benzene rings is 1. The van der Waals surface area contributed by atoms with E-state index in [9.17, 15) is 0 Å². The van der Waals surface area contributed by atoms with E-state index in [0.717, 1.165) is 11.3 Å². The fourth-order valence-electron chi connectivity index (χ4n) is 1.95. The lowest BCUT2D eigenvalue weighted by atomic mass is 10.0. The van der Waals surface area contributed by atoms with Crippen LogP contribution < -0.4 is 10.1 Å². The first-order chi connectivity index (χ1) is 9.10. The van der Waals surface area contributed by atoms with Crippen LogP contribution in [0.3, 0.4) is 0 Å². The van der Waals surface area contributed by atoms with E-state index in [1.165, 1.54) is 5.56 Å². The second-order valence-corrected chi connectivity index (χ2v) is 4.58. The molecule has 0 fully saturated rings. The first-order valence-electron chi connectivity index (χ1n) is 6.27. The smallest absolute Gasteiger partial charge is 0.240 e. The second-order valence-electron chi connectivity index (χ2n) is 4.58. The molecule has 0 aliphatic carbocycles. The Kier molecular flexibility index (Phi) is 4.16. The zero-order valence-corrected chi connectivity index (χ0v) is 11.7. The normalized spacial score (nSPS) is 12.4. The average molecular weight is 261 g/mol. The number of hydrogen-bond acceptors (Lipinski definition) is 5. The number of aryl methyl sites for hydroxylation is 2. The van der Waals surface area contributed by atoms with Gasteiger partial charge < -0.3 is 14.6 Å². The molecule has 1 aromatic carbocycles. The van der Waals surface area contributed by atoms with Crippen LogP contribution >= 0.6 is 0 Å². The summed E-state index contributed by atoms with van der Waals surface area (Å²) >= 11 is 0. The molecule has 1 N–H and O–H groups in total. The van der Waals surface area contributed by atoms with Gasteiger partial charge in [0.1, 0.15) is 5.75 Å². The number of rotatable bonds is 5. The maximum absolute atomic E-state index is 5.39. The number of aromatic nitrogens is 2. The predicted octanol–water partition coefficient (Wildman–Crippen LogP) is 2.55. The van der Waals surface area contributed by atoms with Crippen LogP contribution in [0.5, 0.6) is 5.75 Å². The van der Waals surface area contributed by atoms with Crippen molar-refractivity contribution in [1.82, 2.24) is 15.5 Å². The molecule has 0 spiro atoms. The summed E-state index contributed by atoms with van der Waals surface area (Å²) in [5.41, 5.74) is 2.33. The Morgan fingerprint density at radius 2 is 2.16 bits per heavy atom. The minimum Gasteiger partial charge on any atom is -0.496 e. The van der Waals surface area contributed by atoms with Crippen LogP contribution in [-0.4, -0.2) is 17.3 Å². The average Bonchev–Trinajstić information content (AvgIpc) is 2.81. The second kappa shape index (κ2) is 5.84. The number of ether oxygens (including phenoxy) is 1. The Morgan fingerprint density at radius 3 is 2.79 bits per heavy atom. The summed E-state index contributed by atoms with van der Waals surface area (Å²) in [4.78, 5) is 4.16. The lowest BCUT2D eigenvalue weighted by Crippen LogP contribution is -2.19. The van der Waals surface area contributed by atoms with Gasteiger partial charge in [-0.25, -0.2) is 0 Å². The van der Waals surface area contributed by atoms with Crippen molar-refractivity contribution in [3.8, 4) is 5.75 Å². The van der Waals surface area contributed by atoms with Gasteiger partial charge in [-0.3, -0.25) is 0 Å². The van der Waals surface area contributed by atoms with Gasteiger partial charge in [0.15, 0.2) is 5.82 Å². The van der Waals surface area contributed by atoms with Crippen LogP contribution in [0, 0.1) is 13.8 Å². The first kappa shape index (κ1) is 13.5. The van der Waals surface area contributed by atoms with Crippen molar-refractivity contribution in [3.05, 3.63) is 41.0 Å². The third-order valence-corrected chi connectivity index (χ3v) is 2.98. The number of nitrogens with zero attached hydrogens (tertiary/aromatic N) is 2. The summed E-state index contributed by atoms with van der Waals surface area (Å²) < 4.78 is 10.5. The summed E-state index contributed by atoms with van der Waals surface area (Å²) in [6.45, 7) is 6.50. The van der Waals surface area contributed by atoms with Gasteiger partial charge in [-0.1, -0.05) is 22.9 Å². The fraction of sp³-hybridized carbons (Fsp3) is 0.429. The van der Waals surface area contributed by atoms with Gasteiger partial charge in [-0.15, -0.1) is 0 Å². The zero-order valence-electron chi connectivity index (χ0n) is 11.7.